The number of nitrogens with one attached hydrogen (secondary N) is 1. The number of pyridine rings is 1. The highest BCUT2D eigenvalue weighted by molar-refractivity contribution is 6.04. The van der Waals surface area contributed by atoms with Crippen molar-refractivity contribution in [3.8, 4) is 11.3 Å². The van der Waals surface area contributed by atoms with Crippen LogP contribution in [0.5, 0.6) is 0 Å². The normalized spacial score (nSPS) is 11.3. The number of carbonyl (C=O) groups is 1. The first kappa shape index (κ1) is 20.6. The fourth-order valence-corrected chi connectivity index (χ4v) is 2.98. The fourth-order valence-electron chi connectivity index (χ4n) is 2.98. The molecule has 150 valence electrons. The van der Waals surface area contributed by atoms with E-state index in [-0.39, 0.29) is 11.6 Å². The highest BCUT2D eigenvalue weighted by Crippen LogP contribution is 2.35. The Kier molecular flexibility index (Phi) is 6.32. The highest BCUT2D eigenvalue weighted by atomic mass is 19.4. The summed E-state index contributed by atoms with van der Waals surface area (Å²) in [7, 11) is 0. The summed E-state index contributed by atoms with van der Waals surface area (Å²) in [5.41, 5.74) is 1.58. The molecule has 1 heterocycles. The van der Waals surface area contributed by atoms with E-state index in [9.17, 15) is 18.0 Å². The second-order valence-corrected chi connectivity index (χ2v) is 6.73. The molecule has 3 aromatic rings. The number of anilines is 1. The van der Waals surface area contributed by atoms with E-state index in [2.05, 4.69) is 17.2 Å². The number of amides is 1. The number of rotatable bonds is 6. The molecular formula is C23H21F3N2O. The van der Waals surface area contributed by atoms with Crippen molar-refractivity contribution in [3.63, 3.8) is 0 Å². The van der Waals surface area contributed by atoms with Crippen LogP contribution in [0.4, 0.5) is 18.9 Å². The molecular weight excluding hydrogens is 377 g/mol. The van der Waals surface area contributed by atoms with Gasteiger partial charge in [0.05, 0.1) is 11.3 Å². The van der Waals surface area contributed by atoms with Crippen molar-refractivity contribution >= 4 is 11.6 Å². The van der Waals surface area contributed by atoms with Crippen LogP contribution in [0, 0.1) is 0 Å². The summed E-state index contributed by atoms with van der Waals surface area (Å²) in [5, 5.41) is 2.80. The van der Waals surface area contributed by atoms with E-state index in [1.807, 2.05) is 24.3 Å². The molecule has 2 aromatic carbocycles. The first-order valence-electron chi connectivity index (χ1n) is 9.41. The van der Waals surface area contributed by atoms with Gasteiger partial charge in [-0.15, -0.1) is 0 Å². The summed E-state index contributed by atoms with van der Waals surface area (Å²) in [6.45, 7) is 2.14. The molecule has 0 aliphatic rings. The lowest BCUT2D eigenvalue weighted by Crippen LogP contribution is -2.12. The van der Waals surface area contributed by atoms with Gasteiger partial charge in [0.2, 0.25) is 0 Å². The summed E-state index contributed by atoms with van der Waals surface area (Å²) in [5.74, 6) is -0.324. The second-order valence-electron chi connectivity index (χ2n) is 6.73. The Hall–Kier alpha value is -3.15. The Morgan fingerprint density at radius 3 is 2.31 bits per heavy atom. The van der Waals surface area contributed by atoms with Crippen LogP contribution in [0.3, 0.4) is 0 Å². The van der Waals surface area contributed by atoms with Gasteiger partial charge in [0, 0.05) is 23.0 Å². The number of alkyl halides is 3. The number of unbranched alkanes of at least 4 members (excludes halogenated alkanes) is 1. The van der Waals surface area contributed by atoms with Gasteiger partial charge in [-0.05, 0) is 54.8 Å². The summed E-state index contributed by atoms with van der Waals surface area (Å²) < 4.78 is 39.5. The van der Waals surface area contributed by atoms with E-state index in [0.717, 1.165) is 25.3 Å². The molecule has 0 aliphatic heterocycles. The average Bonchev–Trinajstić information content (AvgIpc) is 2.73. The topological polar surface area (TPSA) is 42.0 Å². The van der Waals surface area contributed by atoms with E-state index in [1.165, 1.54) is 42.1 Å². The number of nitrogens with zero attached hydrogens (tertiary/aromatic N) is 1. The van der Waals surface area contributed by atoms with Gasteiger partial charge in [-0.2, -0.15) is 13.2 Å². The Bertz CT molecular complexity index is 965. The van der Waals surface area contributed by atoms with Gasteiger partial charge in [0.25, 0.3) is 5.91 Å². The zero-order valence-corrected chi connectivity index (χ0v) is 16.0. The second kappa shape index (κ2) is 8.90. The third-order valence-corrected chi connectivity index (χ3v) is 4.56. The maximum Gasteiger partial charge on any atom is 0.418 e. The molecule has 0 atom stereocenters. The lowest BCUT2D eigenvalue weighted by molar-refractivity contribution is -0.137. The lowest BCUT2D eigenvalue weighted by atomic mass is 10.0. The lowest BCUT2D eigenvalue weighted by Gasteiger charge is -2.12. The monoisotopic (exact) mass is 398 g/mol. The summed E-state index contributed by atoms with van der Waals surface area (Å²) in [4.78, 5) is 16.3. The molecule has 0 radical (unpaired) electrons. The van der Waals surface area contributed by atoms with Gasteiger partial charge >= 0.3 is 6.18 Å². The highest BCUT2D eigenvalue weighted by Gasteiger charge is 2.34. The Morgan fingerprint density at radius 1 is 1.00 bits per heavy atom. The SMILES string of the molecule is CCCCc1ccc(NC(=O)c2ccc(-c3ncccc3C(F)(F)F)cc2)cc1. The Morgan fingerprint density at radius 2 is 1.69 bits per heavy atom. The molecule has 0 bridgehead atoms. The molecule has 0 fully saturated rings. The number of carbonyl (C=O) groups excluding carboxylic acids is 1. The molecule has 3 rings (SSSR count). The van der Waals surface area contributed by atoms with Crippen LogP contribution in [-0.4, -0.2) is 10.9 Å². The standard InChI is InChI=1S/C23H21F3N2O/c1-2-3-5-16-7-13-19(14-8-16)28-22(29)18-11-9-17(10-12-18)21-20(23(24,25)26)6-4-15-27-21/h4,6-15H,2-3,5H2,1H3,(H,28,29). The van der Waals surface area contributed by atoms with Gasteiger partial charge < -0.3 is 5.32 Å². The van der Waals surface area contributed by atoms with Crippen molar-refractivity contribution in [2.75, 3.05) is 5.32 Å². The van der Waals surface area contributed by atoms with Gasteiger partial charge in [0.1, 0.15) is 0 Å². The van der Waals surface area contributed by atoms with Crippen LogP contribution >= 0.6 is 0 Å². The largest absolute Gasteiger partial charge is 0.418 e. The first-order chi connectivity index (χ1) is 13.9. The third kappa shape index (κ3) is 5.22. The van der Waals surface area contributed by atoms with Gasteiger partial charge in [-0.1, -0.05) is 37.6 Å². The molecule has 0 saturated heterocycles. The summed E-state index contributed by atoms with van der Waals surface area (Å²) >= 11 is 0. The number of aromatic nitrogens is 1. The molecule has 1 aromatic heterocycles. The third-order valence-electron chi connectivity index (χ3n) is 4.56. The van der Waals surface area contributed by atoms with E-state index in [0.29, 0.717) is 16.8 Å². The molecule has 1 N–H and O–H groups in total. The minimum absolute atomic E-state index is 0.158. The number of hydrogen-bond donors (Lipinski definition) is 1. The van der Waals surface area contributed by atoms with Crippen LogP contribution in [-0.2, 0) is 12.6 Å². The quantitative estimate of drug-likeness (QED) is 0.525. The average molecular weight is 398 g/mol. The molecule has 0 aliphatic carbocycles. The van der Waals surface area contributed by atoms with E-state index >= 15 is 0 Å². The summed E-state index contributed by atoms with van der Waals surface area (Å²) in [6.07, 6.45) is 0.0553. The van der Waals surface area contributed by atoms with Crippen molar-refractivity contribution in [1.29, 1.82) is 0 Å². The van der Waals surface area contributed by atoms with Crippen LogP contribution in [0.2, 0.25) is 0 Å². The summed E-state index contributed by atoms with van der Waals surface area (Å²) in [6, 6.07) is 15.8. The van der Waals surface area contributed by atoms with Crippen molar-refractivity contribution in [1.82, 2.24) is 4.98 Å². The minimum Gasteiger partial charge on any atom is -0.322 e. The predicted molar refractivity (Wildman–Crippen MR) is 108 cm³/mol. The molecule has 0 unspecified atom stereocenters. The van der Waals surface area contributed by atoms with E-state index < -0.39 is 11.7 Å². The van der Waals surface area contributed by atoms with Crippen molar-refractivity contribution in [2.45, 2.75) is 32.4 Å². The number of benzene rings is 2. The van der Waals surface area contributed by atoms with E-state index in [4.69, 9.17) is 0 Å². The zero-order chi connectivity index (χ0) is 20.9. The van der Waals surface area contributed by atoms with Crippen LogP contribution in [0.1, 0.15) is 41.3 Å². The van der Waals surface area contributed by atoms with Crippen molar-refractivity contribution in [3.05, 3.63) is 83.6 Å². The van der Waals surface area contributed by atoms with Crippen LogP contribution in [0.15, 0.2) is 66.9 Å². The Labute approximate surface area is 167 Å². The van der Waals surface area contributed by atoms with Gasteiger partial charge in [-0.3, -0.25) is 9.78 Å². The fraction of sp³-hybridized carbons (Fsp3) is 0.217. The van der Waals surface area contributed by atoms with Crippen molar-refractivity contribution in [2.24, 2.45) is 0 Å². The molecule has 29 heavy (non-hydrogen) atoms. The van der Waals surface area contributed by atoms with E-state index in [1.54, 1.807) is 0 Å². The van der Waals surface area contributed by atoms with Crippen LogP contribution < -0.4 is 5.32 Å². The number of aryl methyl sites for hydroxylation is 1. The smallest absolute Gasteiger partial charge is 0.322 e. The Balaban J connectivity index is 1.73. The van der Waals surface area contributed by atoms with Crippen LogP contribution in [0.25, 0.3) is 11.3 Å². The number of halogens is 3. The van der Waals surface area contributed by atoms with Crippen molar-refractivity contribution < 1.29 is 18.0 Å². The van der Waals surface area contributed by atoms with Gasteiger partial charge in [0.15, 0.2) is 0 Å². The maximum atomic E-state index is 13.2. The molecule has 3 nitrogen and oxygen atoms in total. The number of hydrogen-bond acceptors (Lipinski definition) is 2. The first-order valence-corrected chi connectivity index (χ1v) is 9.41. The molecule has 1 amide bonds. The predicted octanol–water partition coefficient (Wildman–Crippen LogP) is 6.36. The minimum atomic E-state index is -4.50. The van der Waals surface area contributed by atoms with Gasteiger partial charge in [-0.25, -0.2) is 0 Å². The molecule has 0 saturated carbocycles. The zero-order valence-electron chi connectivity index (χ0n) is 16.0. The molecule has 0 spiro atoms. The molecule has 6 heteroatoms. The maximum absolute atomic E-state index is 13.2.